The molecule has 0 fully saturated rings. The van der Waals surface area contributed by atoms with Gasteiger partial charge in [-0.3, -0.25) is 9.59 Å². The molecule has 0 amide bonds. The van der Waals surface area contributed by atoms with Crippen LogP contribution in [0.1, 0.15) is 117 Å². The van der Waals surface area contributed by atoms with E-state index in [2.05, 4.69) is 31.2 Å². The Kier molecular flexibility index (Phi) is 24.2. The Morgan fingerprint density at radius 2 is 1.34 bits per heavy atom. The van der Waals surface area contributed by atoms with Gasteiger partial charge < -0.3 is 23.8 Å². The van der Waals surface area contributed by atoms with E-state index in [0.29, 0.717) is 12.8 Å². The third-order valence-corrected chi connectivity index (χ3v) is 6.91. The summed E-state index contributed by atoms with van der Waals surface area (Å²) in [6.07, 6.45) is 24.3. The highest BCUT2D eigenvalue weighted by Gasteiger charge is 2.31. The van der Waals surface area contributed by atoms with E-state index in [4.69, 9.17) is 14.2 Å². The van der Waals surface area contributed by atoms with Crippen LogP contribution in [0.3, 0.4) is 0 Å². The van der Waals surface area contributed by atoms with Crippen LogP contribution in [0, 0.1) is 0 Å². The van der Waals surface area contributed by atoms with E-state index in [1.165, 1.54) is 51.4 Å². The average Bonchev–Trinajstić information content (AvgIpc) is 2.91. The van der Waals surface area contributed by atoms with Crippen molar-refractivity contribution in [2.75, 3.05) is 41.0 Å². The lowest BCUT2D eigenvalue weighted by molar-refractivity contribution is -0.887. The SMILES string of the molecule is CCCCC/C=C\C/C=C\CCCCCCCCCC(=O)OC(COCCC(C(=O)O)[N+](C)(C)C)COC(=O)CC. The van der Waals surface area contributed by atoms with Crippen LogP contribution < -0.4 is 0 Å². The highest BCUT2D eigenvalue weighted by molar-refractivity contribution is 5.72. The Balaban J connectivity index is 4.07. The van der Waals surface area contributed by atoms with Crippen LogP contribution in [-0.4, -0.2) is 80.6 Å². The zero-order valence-corrected chi connectivity index (χ0v) is 26.7. The predicted octanol–water partition coefficient (Wildman–Crippen LogP) is 7.01. The van der Waals surface area contributed by atoms with E-state index in [9.17, 15) is 19.5 Å². The molecule has 0 rings (SSSR count). The fourth-order valence-electron chi connectivity index (χ4n) is 4.34. The van der Waals surface area contributed by atoms with Gasteiger partial charge in [0.25, 0.3) is 0 Å². The minimum absolute atomic E-state index is 0.0527. The van der Waals surface area contributed by atoms with Crippen LogP contribution in [0.25, 0.3) is 0 Å². The Bertz CT molecular complexity index is 742. The van der Waals surface area contributed by atoms with Crippen molar-refractivity contribution in [3.05, 3.63) is 24.3 Å². The van der Waals surface area contributed by atoms with Gasteiger partial charge >= 0.3 is 17.9 Å². The van der Waals surface area contributed by atoms with Crippen molar-refractivity contribution in [3.63, 3.8) is 0 Å². The lowest BCUT2D eigenvalue weighted by Crippen LogP contribution is -2.50. The van der Waals surface area contributed by atoms with Crippen molar-refractivity contribution in [1.29, 1.82) is 0 Å². The number of rotatable bonds is 27. The van der Waals surface area contributed by atoms with Crippen molar-refractivity contribution >= 4 is 17.9 Å². The minimum atomic E-state index is -0.884. The molecule has 0 aliphatic rings. The van der Waals surface area contributed by atoms with Gasteiger partial charge in [0.15, 0.2) is 12.1 Å². The second kappa shape index (κ2) is 25.5. The van der Waals surface area contributed by atoms with Crippen molar-refractivity contribution < 1.29 is 38.2 Å². The number of quaternary nitrogens is 1. The van der Waals surface area contributed by atoms with E-state index in [1.54, 1.807) is 6.92 Å². The number of ether oxygens (including phenoxy) is 3. The molecule has 238 valence electrons. The van der Waals surface area contributed by atoms with Gasteiger partial charge in [-0.25, -0.2) is 4.79 Å². The number of hydrogen-bond acceptors (Lipinski definition) is 6. The molecule has 0 saturated carbocycles. The van der Waals surface area contributed by atoms with E-state index in [0.717, 1.165) is 32.1 Å². The molecule has 0 radical (unpaired) electrons. The van der Waals surface area contributed by atoms with E-state index in [-0.39, 0.29) is 42.7 Å². The number of esters is 2. The molecular formula is C33H60NO7+. The van der Waals surface area contributed by atoms with Gasteiger partial charge in [0.05, 0.1) is 34.4 Å². The molecule has 0 aromatic heterocycles. The van der Waals surface area contributed by atoms with Gasteiger partial charge in [-0.15, -0.1) is 0 Å². The van der Waals surface area contributed by atoms with Gasteiger partial charge in [-0.2, -0.15) is 0 Å². The number of allylic oxidation sites excluding steroid dienone is 4. The summed E-state index contributed by atoms with van der Waals surface area (Å²) in [4.78, 5) is 35.5. The lowest BCUT2D eigenvalue weighted by Gasteiger charge is -2.31. The molecule has 0 saturated heterocycles. The molecular weight excluding hydrogens is 522 g/mol. The van der Waals surface area contributed by atoms with Crippen LogP contribution >= 0.6 is 0 Å². The zero-order chi connectivity index (χ0) is 30.8. The first-order chi connectivity index (χ1) is 19.6. The summed E-state index contributed by atoms with van der Waals surface area (Å²) in [7, 11) is 5.47. The van der Waals surface area contributed by atoms with Gasteiger partial charge in [0.2, 0.25) is 0 Å². The summed E-state index contributed by atoms with van der Waals surface area (Å²) in [5.74, 6) is -1.59. The quantitative estimate of drug-likeness (QED) is 0.0481. The zero-order valence-electron chi connectivity index (χ0n) is 26.7. The fourth-order valence-corrected chi connectivity index (χ4v) is 4.34. The monoisotopic (exact) mass is 582 g/mol. The van der Waals surface area contributed by atoms with Crippen LogP contribution in [-0.2, 0) is 28.6 Å². The number of hydrogen-bond donors (Lipinski definition) is 1. The summed E-state index contributed by atoms with van der Waals surface area (Å²) < 4.78 is 16.6. The first kappa shape index (κ1) is 38.8. The second-order valence-electron chi connectivity index (χ2n) is 11.7. The van der Waals surface area contributed by atoms with Gasteiger partial charge in [0, 0.05) is 19.3 Å². The molecule has 8 nitrogen and oxygen atoms in total. The Labute approximate surface area is 250 Å². The number of carboxylic acids is 1. The summed E-state index contributed by atoms with van der Waals surface area (Å²) in [5, 5.41) is 9.45. The van der Waals surface area contributed by atoms with E-state index < -0.39 is 18.1 Å². The molecule has 0 aliphatic carbocycles. The topological polar surface area (TPSA) is 99.1 Å². The molecule has 41 heavy (non-hydrogen) atoms. The molecule has 0 aliphatic heterocycles. The summed E-state index contributed by atoms with van der Waals surface area (Å²) in [6.45, 7) is 4.12. The molecule has 1 N–H and O–H groups in total. The Hall–Kier alpha value is -2.19. The second-order valence-corrected chi connectivity index (χ2v) is 11.7. The molecule has 8 heteroatoms. The van der Waals surface area contributed by atoms with Gasteiger partial charge in [-0.05, 0) is 38.5 Å². The van der Waals surface area contributed by atoms with Crippen LogP contribution in [0.5, 0.6) is 0 Å². The number of likely N-dealkylation sites (N-methyl/N-ethyl adjacent to an activating group) is 1. The molecule has 0 heterocycles. The number of carbonyl (C=O) groups excluding carboxylic acids is 2. The average molecular weight is 583 g/mol. The van der Waals surface area contributed by atoms with Crippen LogP contribution in [0.2, 0.25) is 0 Å². The van der Waals surface area contributed by atoms with Gasteiger partial charge in [-0.1, -0.05) is 83.1 Å². The van der Waals surface area contributed by atoms with Crippen molar-refractivity contribution in [2.45, 2.75) is 129 Å². The number of aliphatic carboxylic acids is 1. The highest BCUT2D eigenvalue weighted by atomic mass is 16.6. The third kappa shape index (κ3) is 24.1. The van der Waals surface area contributed by atoms with Crippen molar-refractivity contribution in [2.24, 2.45) is 0 Å². The van der Waals surface area contributed by atoms with Crippen molar-refractivity contribution in [1.82, 2.24) is 0 Å². The Morgan fingerprint density at radius 1 is 0.756 bits per heavy atom. The van der Waals surface area contributed by atoms with Crippen LogP contribution in [0.4, 0.5) is 0 Å². The maximum Gasteiger partial charge on any atom is 0.362 e. The summed E-state index contributed by atoms with van der Waals surface area (Å²) >= 11 is 0. The Morgan fingerprint density at radius 3 is 1.90 bits per heavy atom. The molecule has 0 spiro atoms. The number of carbonyl (C=O) groups is 3. The third-order valence-electron chi connectivity index (χ3n) is 6.91. The fraction of sp³-hybridized carbons (Fsp3) is 0.788. The predicted molar refractivity (Wildman–Crippen MR) is 165 cm³/mol. The molecule has 0 bridgehead atoms. The molecule has 0 aromatic carbocycles. The summed E-state index contributed by atoms with van der Waals surface area (Å²) in [6, 6.07) is -0.608. The van der Waals surface area contributed by atoms with E-state index >= 15 is 0 Å². The largest absolute Gasteiger partial charge is 0.477 e. The summed E-state index contributed by atoms with van der Waals surface area (Å²) in [5.41, 5.74) is 0. The maximum absolute atomic E-state index is 12.4. The number of nitrogens with zero attached hydrogens (tertiary/aromatic N) is 1. The molecule has 2 atom stereocenters. The first-order valence-corrected chi connectivity index (χ1v) is 15.9. The normalized spacial score (nSPS) is 13.5. The number of unbranched alkanes of at least 4 members (excludes halogenated alkanes) is 10. The van der Waals surface area contributed by atoms with Crippen molar-refractivity contribution in [3.8, 4) is 0 Å². The van der Waals surface area contributed by atoms with Gasteiger partial charge in [0.1, 0.15) is 6.61 Å². The molecule has 0 aromatic rings. The highest BCUT2D eigenvalue weighted by Crippen LogP contribution is 2.12. The number of carboxylic acid groups (broad SMARTS) is 1. The smallest absolute Gasteiger partial charge is 0.362 e. The minimum Gasteiger partial charge on any atom is -0.477 e. The van der Waals surface area contributed by atoms with Crippen LogP contribution in [0.15, 0.2) is 24.3 Å². The lowest BCUT2D eigenvalue weighted by atomic mass is 10.1. The van der Waals surface area contributed by atoms with E-state index in [1.807, 2.05) is 21.1 Å². The first-order valence-electron chi connectivity index (χ1n) is 15.9. The standard InChI is InChI=1S/C33H59NO7/c1-6-8-9-10-11-12-13-14-15-16-17-18-19-20-21-22-23-24-32(36)41-29(28-40-31(35)7-2)27-39-26-25-30(33(37)38)34(3,4)5/h11-12,14-15,29-30H,6-10,13,16-28H2,1-5H3/p+1/b12-11-,15-14-. The molecule has 2 unspecified atom stereocenters. The maximum atomic E-state index is 12.4.